The molecule has 3 amide bonds. The van der Waals surface area contributed by atoms with Gasteiger partial charge in [0.15, 0.2) is 0 Å². The average Bonchev–Trinajstić information content (AvgIpc) is 3.15. The molecule has 0 saturated carbocycles. The van der Waals surface area contributed by atoms with Crippen LogP contribution in [0.1, 0.15) is 6.92 Å². The van der Waals surface area contributed by atoms with Gasteiger partial charge >= 0.3 is 6.03 Å². The number of aromatic nitrogens is 2. The van der Waals surface area contributed by atoms with Gasteiger partial charge in [-0.15, -0.1) is 10.2 Å². The molecule has 1 aliphatic heterocycles. The van der Waals surface area contributed by atoms with Gasteiger partial charge in [0.1, 0.15) is 0 Å². The van der Waals surface area contributed by atoms with Crippen LogP contribution in [0.4, 0.5) is 4.79 Å². The predicted octanol–water partition coefficient (Wildman–Crippen LogP) is 2.53. The van der Waals surface area contributed by atoms with Crippen LogP contribution in [0.3, 0.4) is 0 Å². The summed E-state index contributed by atoms with van der Waals surface area (Å²) in [5.41, 5.74) is 0.789. The highest BCUT2D eigenvalue weighted by atomic mass is 79.9. The van der Waals surface area contributed by atoms with Crippen molar-refractivity contribution in [1.82, 2.24) is 20.4 Å². The number of nitrogens with one attached hydrogen (secondary N) is 1. The van der Waals surface area contributed by atoms with Crippen molar-refractivity contribution in [3.63, 3.8) is 0 Å². The number of amides is 3. The van der Waals surface area contributed by atoms with Gasteiger partial charge in [0.25, 0.3) is 5.22 Å². The maximum atomic E-state index is 12.2. The molecule has 9 heteroatoms. The van der Waals surface area contributed by atoms with Gasteiger partial charge in [-0.05, 0) is 25.1 Å². The molecule has 1 aromatic heterocycles. The molecule has 2 aromatic rings. The topological polar surface area (TPSA) is 88.3 Å². The molecule has 7 nitrogen and oxygen atoms in total. The number of imide groups is 1. The van der Waals surface area contributed by atoms with Gasteiger partial charge in [0, 0.05) is 23.1 Å². The smallest absolute Gasteiger partial charge is 0.324 e. The number of urea groups is 1. The highest BCUT2D eigenvalue weighted by Gasteiger charge is 2.31. The average molecular weight is 397 g/mol. The monoisotopic (exact) mass is 396 g/mol. The van der Waals surface area contributed by atoms with E-state index in [1.54, 1.807) is 6.92 Å². The van der Waals surface area contributed by atoms with Gasteiger partial charge < -0.3 is 9.73 Å². The van der Waals surface area contributed by atoms with Crippen molar-refractivity contribution >= 4 is 39.6 Å². The van der Waals surface area contributed by atoms with Crippen molar-refractivity contribution in [2.24, 2.45) is 0 Å². The summed E-state index contributed by atoms with van der Waals surface area (Å²) in [6.07, 6.45) is 0. The van der Waals surface area contributed by atoms with Crippen molar-refractivity contribution in [2.45, 2.75) is 17.4 Å². The molecule has 1 N–H and O–H groups in total. The zero-order valence-corrected chi connectivity index (χ0v) is 14.6. The summed E-state index contributed by atoms with van der Waals surface area (Å²) in [4.78, 5) is 24.9. The van der Waals surface area contributed by atoms with E-state index in [0.717, 1.165) is 21.8 Å². The van der Waals surface area contributed by atoms with Crippen LogP contribution in [0.2, 0.25) is 0 Å². The Morgan fingerprint density at radius 1 is 1.48 bits per heavy atom. The minimum atomic E-state index is -0.491. The molecule has 1 saturated heterocycles. The lowest BCUT2D eigenvalue weighted by Crippen LogP contribution is -2.38. The molecule has 0 unspecified atom stereocenters. The van der Waals surface area contributed by atoms with E-state index < -0.39 is 5.25 Å². The molecule has 23 heavy (non-hydrogen) atoms. The maximum absolute atomic E-state index is 12.2. The molecule has 0 aliphatic carbocycles. The Hall–Kier alpha value is -1.87. The second-order valence-electron chi connectivity index (χ2n) is 4.87. The predicted molar refractivity (Wildman–Crippen MR) is 87.9 cm³/mol. The van der Waals surface area contributed by atoms with Gasteiger partial charge in [-0.1, -0.05) is 33.8 Å². The van der Waals surface area contributed by atoms with E-state index in [-0.39, 0.29) is 11.9 Å². The number of benzene rings is 1. The third-order valence-corrected chi connectivity index (χ3v) is 4.64. The van der Waals surface area contributed by atoms with Crippen molar-refractivity contribution < 1.29 is 14.0 Å². The Labute approximate surface area is 144 Å². The summed E-state index contributed by atoms with van der Waals surface area (Å²) in [5.74, 6) is 0.111. The molecule has 0 radical (unpaired) electrons. The van der Waals surface area contributed by atoms with Gasteiger partial charge in [-0.3, -0.25) is 9.69 Å². The van der Waals surface area contributed by atoms with E-state index in [4.69, 9.17) is 4.42 Å². The fourth-order valence-electron chi connectivity index (χ4n) is 2.10. The van der Waals surface area contributed by atoms with Crippen LogP contribution in [0.25, 0.3) is 11.5 Å². The quantitative estimate of drug-likeness (QED) is 0.798. The molecule has 0 spiro atoms. The fraction of sp³-hybridized carbons (Fsp3) is 0.286. The molecule has 0 bridgehead atoms. The number of halogens is 1. The van der Waals surface area contributed by atoms with Gasteiger partial charge in [-0.25, -0.2) is 4.79 Å². The van der Waals surface area contributed by atoms with E-state index in [9.17, 15) is 9.59 Å². The molecule has 3 rings (SSSR count). The lowest BCUT2D eigenvalue weighted by atomic mass is 10.2. The number of carbonyl (C=O) groups excluding carboxylic acids is 2. The Bertz CT molecular complexity index is 751. The third kappa shape index (κ3) is 3.56. The van der Waals surface area contributed by atoms with E-state index >= 15 is 0 Å². The minimum Gasteiger partial charge on any atom is -0.411 e. The Morgan fingerprint density at radius 2 is 2.30 bits per heavy atom. The third-order valence-electron chi connectivity index (χ3n) is 3.23. The second kappa shape index (κ2) is 6.71. The van der Waals surface area contributed by atoms with Crippen LogP contribution in [0.5, 0.6) is 0 Å². The molecular formula is C14H13BrN4O3S. The van der Waals surface area contributed by atoms with Crippen molar-refractivity contribution in [2.75, 3.05) is 13.1 Å². The normalized spacial score (nSPS) is 15.6. The van der Waals surface area contributed by atoms with Gasteiger partial charge in [0.2, 0.25) is 11.8 Å². The number of nitrogens with zero attached hydrogens (tertiary/aromatic N) is 3. The van der Waals surface area contributed by atoms with Crippen molar-refractivity contribution in [3.8, 4) is 11.5 Å². The molecule has 120 valence electrons. The Kier molecular flexibility index (Phi) is 4.67. The van der Waals surface area contributed by atoms with Crippen LogP contribution < -0.4 is 5.32 Å². The lowest BCUT2D eigenvalue weighted by Gasteiger charge is -2.15. The number of thioether (sulfide) groups is 1. The van der Waals surface area contributed by atoms with E-state index in [0.29, 0.717) is 24.2 Å². The molecule has 2 heterocycles. The maximum Gasteiger partial charge on any atom is 0.324 e. The Balaban J connectivity index is 1.69. The summed E-state index contributed by atoms with van der Waals surface area (Å²) in [7, 11) is 0. The Morgan fingerprint density at radius 3 is 3.00 bits per heavy atom. The molecule has 1 aromatic carbocycles. The van der Waals surface area contributed by atoms with E-state index in [1.807, 2.05) is 24.3 Å². The highest BCUT2D eigenvalue weighted by Crippen LogP contribution is 2.28. The summed E-state index contributed by atoms with van der Waals surface area (Å²) in [5, 5.41) is 10.3. The summed E-state index contributed by atoms with van der Waals surface area (Å²) in [6.45, 7) is 2.58. The first kappa shape index (κ1) is 16.0. The highest BCUT2D eigenvalue weighted by molar-refractivity contribution is 9.10. The van der Waals surface area contributed by atoms with Crippen molar-refractivity contribution in [3.05, 3.63) is 28.7 Å². The van der Waals surface area contributed by atoms with Crippen LogP contribution in [-0.2, 0) is 4.79 Å². The SMILES string of the molecule is C[C@H](Sc1nnc(-c2cccc(Br)c2)o1)C(=O)N1CCNC1=O. The largest absolute Gasteiger partial charge is 0.411 e. The number of hydrogen-bond acceptors (Lipinski definition) is 6. The first-order valence-corrected chi connectivity index (χ1v) is 8.57. The zero-order valence-electron chi connectivity index (χ0n) is 12.2. The van der Waals surface area contributed by atoms with Gasteiger partial charge in [0.05, 0.1) is 5.25 Å². The molecule has 1 aliphatic rings. The van der Waals surface area contributed by atoms with Crippen LogP contribution in [-0.4, -0.2) is 45.4 Å². The lowest BCUT2D eigenvalue weighted by molar-refractivity contribution is -0.126. The van der Waals surface area contributed by atoms with Crippen LogP contribution in [0.15, 0.2) is 38.4 Å². The molecule has 1 atom stereocenters. The van der Waals surface area contributed by atoms with E-state index in [2.05, 4.69) is 31.4 Å². The van der Waals surface area contributed by atoms with Crippen LogP contribution >= 0.6 is 27.7 Å². The zero-order chi connectivity index (χ0) is 16.4. The van der Waals surface area contributed by atoms with Crippen LogP contribution in [0, 0.1) is 0 Å². The van der Waals surface area contributed by atoms with Crippen molar-refractivity contribution in [1.29, 1.82) is 0 Å². The second-order valence-corrected chi connectivity index (χ2v) is 7.07. The summed E-state index contributed by atoms with van der Waals surface area (Å²) >= 11 is 4.52. The first-order chi connectivity index (χ1) is 11.0. The molecular weight excluding hydrogens is 384 g/mol. The van der Waals surface area contributed by atoms with Gasteiger partial charge in [-0.2, -0.15) is 0 Å². The first-order valence-electron chi connectivity index (χ1n) is 6.90. The molecule has 1 fully saturated rings. The number of rotatable bonds is 4. The number of carbonyl (C=O) groups is 2. The summed E-state index contributed by atoms with van der Waals surface area (Å²) < 4.78 is 6.49. The van der Waals surface area contributed by atoms with E-state index in [1.165, 1.54) is 4.90 Å². The number of hydrogen-bond donors (Lipinski definition) is 1. The fourth-order valence-corrected chi connectivity index (χ4v) is 3.24. The summed E-state index contributed by atoms with van der Waals surface area (Å²) in [6, 6.07) is 7.13. The standard InChI is InChI=1S/C14H13BrN4O3S/c1-8(12(20)19-6-5-16-13(19)21)23-14-18-17-11(22-14)9-3-2-4-10(15)7-9/h2-4,7-8H,5-6H2,1H3,(H,16,21)/t8-/m0/s1. The minimum absolute atomic E-state index is 0.271.